The SMILES string of the molecule is C=CC(=O)N1CCC[C@H]1CNc1c(C#N)c(OCC23CCCN2CCC3)nc2c(F)c(-c3cccc4c3CCCC4)ncc12. The van der Waals surface area contributed by atoms with Crippen molar-refractivity contribution in [2.45, 2.75) is 75.8 Å². The molecule has 0 spiro atoms. The maximum Gasteiger partial charge on any atom is 0.246 e. The Kier molecular flexibility index (Phi) is 7.71. The Morgan fingerprint density at radius 2 is 2.00 bits per heavy atom. The molecule has 9 heteroatoms. The topological polar surface area (TPSA) is 94.4 Å². The number of nitrogens with one attached hydrogen (secondary N) is 1. The molecular weight excluding hydrogens is 555 g/mol. The number of fused-ring (bicyclic) bond motifs is 3. The Labute approximate surface area is 257 Å². The van der Waals surface area contributed by atoms with Gasteiger partial charge < -0.3 is 15.0 Å². The van der Waals surface area contributed by atoms with Crippen molar-refractivity contribution in [2.75, 3.05) is 38.1 Å². The van der Waals surface area contributed by atoms with Gasteiger partial charge in [0.15, 0.2) is 5.82 Å². The summed E-state index contributed by atoms with van der Waals surface area (Å²) in [5.41, 5.74) is 4.26. The summed E-state index contributed by atoms with van der Waals surface area (Å²) in [6.45, 7) is 7.23. The lowest BCUT2D eigenvalue weighted by atomic mass is 9.87. The molecule has 7 rings (SSSR count). The Hall–Kier alpha value is -4.03. The van der Waals surface area contributed by atoms with Crippen LogP contribution in [0.25, 0.3) is 22.2 Å². The average molecular weight is 595 g/mol. The van der Waals surface area contributed by atoms with Crippen LogP contribution in [-0.4, -0.2) is 70.0 Å². The van der Waals surface area contributed by atoms with Crippen LogP contribution in [0.2, 0.25) is 0 Å². The number of aryl methyl sites for hydroxylation is 1. The van der Waals surface area contributed by atoms with E-state index in [-0.39, 0.29) is 40.1 Å². The molecule has 228 valence electrons. The summed E-state index contributed by atoms with van der Waals surface area (Å²) < 4.78 is 23.1. The molecule has 0 unspecified atom stereocenters. The highest BCUT2D eigenvalue weighted by atomic mass is 19.1. The largest absolute Gasteiger partial charge is 0.475 e. The molecule has 44 heavy (non-hydrogen) atoms. The average Bonchev–Trinajstić information content (AvgIpc) is 3.79. The summed E-state index contributed by atoms with van der Waals surface area (Å²) >= 11 is 0. The summed E-state index contributed by atoms with van der Waals surface area (Å²) in [7, 11) is 0. The van der Waals surface area contributed by atoms with E-state index in [1.54, 1.807) is 11.1 Å². The van der Waals surface area contributed by atoms with E-state index in [4.69, 9.17) is 9.72 Å². The van der Waals surface area contributed by atoms with Crippen LogP contribution >= 0.6 is 0 Å². The zero-order valence-corrected chi connectivity index (χ0v) is 25.2. The van der Waals surface area contributed by atoms with Gasteiger partial charge in [-0.05, 0) is 94.5 Å². The predicted octanol–water partition coefficient (Wildman–Crippen LogP) is 5.78. The van der Waals surface area contributed by atoms with E-state index in [9.17, 15) is 10.1 Å². The number of aromatic nitrogens is 2. The first-order valence-electron chi connectivity index (χ1n) is 16.1. The summed E-state index contributed by atoms with van der Waals surface area (Å²) in [5.74, 6) is -0.476. The lowest BCUT2D eigenvalue weighted by molar-refractivity contribution is -0.126. The fourth-order valence-corrected chi connectivity index (χ4v) is 8.09. The van der Waals surface area contributed by atoms with Gasteiger partial charge in [0.2, 0.25) is 11.8 Å². The normalized spacial score (nSPS) is 20.7. The van der Waals surface area contributed by atoms with Gasteiger partial charge in [-0.1, -0.05) is 24.8 Å². The van der Waals surface area contributed by atoms with E-state index in [0.29, 0.717) is 30.8 Å². The third-order valence-electron chi connectivity index (χ3n) is 10.3. The van der Waals surface area contributed by atoms with Crippen LogP contribution in [0.3, 0.4) is 0 Å². The van der Waals surface area contributed by atoms with Gasteiger partial charge in [0.05, 0.1) is 11.2 Å². The standard InChI is InChI=1S/C35H39FN6O2/c1-2-29(43)42-18-6-11-24(42)20-38-31-27(19-37)34(44-22-35-14-7-16-41(35)17-8-15-35)40-33-28(31)21-39-32(30(33)36)26-13-5-10-23-9-3-4-12-25(23)26/h2,5,10,13,21,24H,1,3-4,6-9,11-12,14-18,20,22H2,(H,38,40)/t24-/m0/s1. The van der Waals surface area contributed by atoms with Crippen molar-refractivity contribution in [3.8, 4) is 23.2 Å². The molecule has 8 nitrogen and oxygen atoms in total. The Morgan fingerprint density at radius 1 is 1.18 bits per heavy atom. The molecule has 4 aliphatic rings. The second kappa shape index (κ2) is 11.8. The van der Waals surface area contributed by atoms with Gasteiger partial charge in [-0.3, -0.25) is 14.7 Å². The number of hydrogen-bond donors (Lipinski definition) is 1. The molecule has 3 saturated heterocycles. The minimum atomic E-state index is -0.510. The fourth-order valence-electron chi connectivity index (χ4n) is 8.09. The molecule has 2 aromatic heterocycles. The van der Waals surface area contributed by atoms with Crippen molar-refractivity contribution in [3.63, 3.8) is 0 Å². The molecule has 0 bridgehead atoms. The van der Waals surface area contributed by atoms with Gasteiger partial charge in [0, 0.05) is 36.3 Å². The first-order valence-corrected chi connectivity index (χ1v) is 16.1. The number of nitriles is 1. The number of benzene rings is 1. The number of anilines is 1. The van der Waals surface area contributed by atoms with E-state index >= 15 is 4.39 Å². The molecule has 1 aromatic carbocycles. The number of nitrogens with zero attached hydrogens (tertiary/aromatic N) is 5. The molecule has 5 heterocycles. The van der Waals surface area contributed by atoms with E-state index in [0.717, 1.165) is 88.4 Å². The third-order valence-corrected chi connectivity index (χ3v) is 10.3. The van der Waals surface area contributed by atoms with Gasteiger partial charge in [-0.25, -0.2) is 9.37 Å². The van der Waals surface area contributed by atoms with Crippen LogP contribution in [-0.2, 0) is 17.6 Å². The number of pyridine rings is 2. The molecule has 3 aromatic rings. The van der Waals surface area contributed by atoms with Crippen molar-refractivity contribution in [3.05, 3.63) is 59.6 Å². The maximum absolute atomic E-state index is 16.7. The van der Waals surface area contributed by atoms with Crippen LogP contribution in [0.5, 0.6) is 5.88 Å². The molecule has 1 N–H and O–H groups in total. The number of rotatable bonds is 8. The summed E-state index contributed by atoms with van der Waals surface area (Å²) in [4.78, 5) is 26.1. The number of halogens is 1. The molecule has 1 atom stereocenters. The van der Waals surface area contributed by atoms with Gasteiger partial charge in [0.25, 0.3) is 0 Å². The van der Waals surface area contributed by atoms with Gasteiger partial charge in [-0.2, -0.15) is 5.26 Å². The number of hydrogen-bond acceptors (Lipinski definition) is 7. The Bertz CT molecular complexity index is 1660. The van der Waals surface area contributed by atoms with Gasteiger partial charge in [-0.15, -0.1) is 0 Å². The molecule has 1 aliphatic carbocycles. The lowest BCUT2D eigenvalue weighted by Gasteiger charge is -2.31. The quantitative estimate of drug-likeness (QED) is 0.330. The number of carbonyl (C=O) groups excluding carboxylic acids is 1. The number of carbonyl (C=O) groups is 1. The Balaban J connectivity index is 1.31. The molecule has 0 saturated carbocycles. The van der Waals surface area contributed by atoms with Crippen molar-refractivity contribution < 1.29 is 13.9 Å². The zero-order chi connectivity index (χ0) is 30.3. The van der Waals surface area contributed by atoms with Crippen LogP contribution < -0.4 is 10.1 Å². The van der Waals surface area contributed by atoms with E-state index in [1.807, 2.05) is 12.1 Å². The van der Waals surface area contributed by atoms with Crippen LogP contribution in [0, 0.1) is 17.1 Å². The van der Waals surface area contributed by atoms with Crippen LogP contribution in [0.4, 0.5) is 10.1 Å². The minimum absolute atomic E-state index is 0.0581. The van der Waals surface area contributed by atoms with Crippen molar-refractivity contribution >= 4 is 22.5 Å². The molecule has 1 amide bonds. The zero-order valence-electron chi connectivity index (χ0n) is 25.2. The molecule has 0 radical (unpaired) electrons. The predicted molar refractivity (Wildman–Crippen MR) is 168 cm³/mol. The van der Waals surface area contributed by atoms with Crippen molar-refractivity contribution in [1.29, 1.82) is 5.26 Å². The summed E-state index contributed by atoms with van der Waals surface area (Å²) in [6, 6.07) is 8.28. The van der Waals surface area contributed by atoms with E-state index < -0.39 is 5.82 Å². The number of amides is 1. The highest BCUT2D eigenvalue weighted by Crippen LogP contribution is 2.41. The molecule has 3 aliphatic heterocycles. The van der Waals surface area contributed by atoms with Crippen molar-refractivity contribution in [1.82, 2.24) is 19.8 Å². The van der Waals surface area contributed by atoms with E-state index in [2.05, 4.69) is 33.9 Å². The lowest BCUT2D eigenvalue weighted by Crippen LogP contribution is -2.43. The fraction of sp³-hybridized carbons (Fsp3) is 0.486. The molecule has 3 fully saturated rings. The third kappa shape index (κ3) is 4.89. The molecular formula is C35H39FN6O2. The number of likely N-dealkylation sites (tertiary alicyclic amines) is 1. The van der Waals surface area contributed by atoms with Crippen LogP contribution in [0.1, 0.15) is 68.1 Å². The maximum atomic E-state index is 16.7. The van der Waals surface area contributed by atoms with Crippen molar-refractivity contribution in [2.24, 2.45) is 0 Å². The first kappa shape index (κ1) is 28.7. The number of ether oxygens (including phenoxy) is 1. The first-order chi connectivity index (χ1) is 21.5. The van der Waals surface area contributed by atoms with Gasteiger partial charge >= 0.3 is 0 Å². The highest BCUT2D eigenvalue weighted by molar-refractivity contribution is 5.97. The second-order valence-electron chi connectivity index (χ2n) is 12.7. The second-order valence-corrected chi connectivity index (χ2v) is 12.7. The highest BCUT2D eigenvalue weighted by Gasteiger charge is 2.45. The van der Waals surface area contributed by atoms with Crippen LogP contribution in [0.15, 0.2) is 37.1 Å². The summed E-state index contributed by atoms with van der Waals surface area (Å²) in [5, 5.41) is 14.3. The van der Waals surface area contributed by atoms with E-state index in [1.165, 1.54) is 11.6 Å². The Morgan fingerprint density at radius 3 is 2.80 bits per heavy atom. The summed E-state index contributed by atoms with van der Waals surface area (Å²) in [6.07, 6.45) is 13.1. The smallest absolute Gasteiger partial charge is 0.246 e. The monoisotopic (exact) mass is 594 g/mol. The minimum Gasteiger partial charge on any atom is -0.475 e. The van der Waals surface area contributed by atoms with Gasteiger partial charge in [0.1, 0.15) is 29.5 Å².